The third-order valence-electron chi connectivity index (χ3n) is 4.59. The van der Waals surface area contributed by atoms with E-state index in [4.69, 9.17) is 13.9 Å². The zero-order valence-corrected chi connectivity index (χ0v) is 15.7. The van der Waals surface area contributed by atoms with Gasteiger partial charge in [-0.05, 0) is 43.5 Å². The van der Waals surface area contributed by atoms with Crippen molar-refractivity contribution in [2.45, 2.75) is 33.3 Å². The van der Waals surface area contributed by atoms with E-state index in [9.17, 15) is 9.59 Å². The van der Waals surface area contributed by atoms with E-state index in [0.717, 1.165) is 22.1 Å². The zero-order chi connectivity index (χ0) is 19.4. The van der Waals surface area contributed by atoms with Crippen LogP contribution in [0.1, 0.15) is 28.7 Å². The molecule has 0 N–H and O–H groups in total. The van der Waals surface area contributed by atoms with Gasteiger partial charge >= 0.3 is 11.6 Å². The Morgan fingerprint density at radius 1 is 1.07 bits per heavy atom. The van der Waals surface area contributed by atoms with Crippen molar-refractivity contribution in [1.29, 1.82) is 0 Å². The molecule has 0 saturated carbocycles. The molecule has 0 radical (unpaired) electrons. The van der Waals surface area contributed by atoms with Crippen molar-refractivity contribution in [3.05, 3.63) is 75.1 Å². The minimum absolute atomic E-state index is 0.124. The van der Waals surface area contributed by atoms with Crippen LogP contribution in [0, 0.1) is 13.8 Å². The van der Waals surface area contributed by atoms with Gasteiger partial charge in [0.1, 0.15) is 17.9 Å². The van der Waals surface area contributed by atoms with Gasteiger partial charge in [-0.25, -0.2) is 4.79 Å². The highest BCUT2D eigenvalue weighted by Crippen LogP contribution is 2.24. The summed E-state index contributed by atoms with van der Waals surface area (Å²) >= 11 is 0. The first-order valence-corrected chi connectivity index (χ1v) is 8.79. The summed E-state index contributed by atoms with van der Waals surface area (Å²) in [7, 11) is 1.56. The fourth-order valence-corrected chi connectivity index (χ4v) is 2.94. The van der Waals surface area contributed by atoms with E-state index in [2.05, 4.69) is 0 Å². The van der Waals surface area contributed by atoms with Crippen LogP contribution in [0.25, 0.3) is 11.0 Å². The van der Waals surface area contributed by atoms with Crippen molar-refractivity contribution in [2.24, 2.45) is 0 Å². The van der Waals surface area contributed by atoms with E-state index in [1.54, 1.807) is 13.2 Å². The highest BCUT2D eigenvalue weighted by molar-refractivity contribution is 5.82. The maximum atomic E-state index is 12.3. The average Bonchev–Trinajstić information content (AvgIpc) is 2.66. The van der Waals surface area contributed by atoms with Gasteiger partial charge < -0.3 is 13.9 Å². The van der Waals surface area contributed by atoms with E-state index in [1.165, 1.54) is 0 Å². The van der Waals surface area contributed by atoms with Crippen LogP contribution >= 0.6 is 0 Å². The Balaban J connectivity index is 1.68. The Hall–Kier alpha value is -3.08. The van der Waals surface area contributed by atoms with Gasteiger partial charge in [0.15, 0.2) is 0 Å². The van der Waals surface area contributed by atoms with E-state index in [0.29, 0.717) is 16.9 Å². The normalized spacial score (nSPS) is 10.8. The van der Waals surface area contributed by atoms with Gasteiger partial charge in [-0.3, -0.25) is 4.79 Å². The first-order chi connectivity index (χ1) is 13.0. The number of aryl methyl sites for hydroxylation is 2. The maximum Gasteiger partial charge on any atom is 0.339 e. The van der Waals surface area contributed by atoms with Crippen LogP contribution in [0.5, 0.6) is 5.75 Å². The molecule has 0 amide bonds. The molecule has 0 aliphatic carbocycles. The van der Waals surface area contributed by atoms with Gasteiger partial charge in [0.25, 0.3) is 0 Å². The summed E-state index contributed by atoms with van der Waals surface area (Å²) in [6.07, 6.45) is 0.405. The number of fused-ring (bicyclic) bond motifs is 1. The molecular weight excluding hydrogens is 344 g/mol. The summed E-state index contributed by atoms with van der Waals surface area (Å²) in [5, 5.41) is 0.832. The van der Waals surface area contributed by atoms with Crippen LogP contribution in [0.2, 0.25) is 0 Å². The molecule has 0 atom stereocenters. The largest absolute Gasteiger partial charge is 0.497 e. The Morgan fingerprint density at radius 3 is 2.52 bits per heavy atom. The summed E-state index contributed by atoms with van der Waals surface area (Å²) in [5.41, 5.74) is 3.45. The Bertz CT molecular complexity index is 1020. The molecule has 0 fully saturated rings. The second kappa shape index (κ2) is 8.08. The summed E-state index contributed by atoms with van der Waals surface area (Å²) in [4.78, 5) is 24.4. The summed E-state index contributed by atoms with van der Waals surface area (Å²) < 4.78 is 15.9. The Kier molecular flexibility index (Phi) is 5.60. The smallest absolute Gasteiger partial charge is 0.339 e. The lowest BCUT2D eigenvalue weighted by atomic mass is 10.0. The van der Waals surface area contributed by atoms with Crippen LogP contribution in [-0.4, -0.2) is 13.1 Å². The lowest BCUT2D eigenvalue weighted by Crippen LogP contribution is -2.13. The standard InChI is InChI=1S/C22H22O5/c1-14-4-6-16(7-5-14)13-26-21(23)11-10-19-15(2)18-9-8-17(25-3)12-20(18)27-22(19)24/h4-9,12H,10-11,13H2,1-3H3. The molecule has 0 aliphatic heterocycles. The first kappa shape index (κ1) is 18.7. The first-order valence-electron chi connectivity index (χ1n) is 8.79. The second-order valence-corrected chi connectivity index (χ2v) is 6.50. The lowest BCUT2D eigenvalue weighted by Gasteiger charge is -2.09. The van der Waals surface area contributed by atoms with Gasteiger partial charge in [-0.2, -0.15) is 0 Å². The second-order valence-electron chi connectivity index (χ2n) is 6.50. The fraction of sp³-hybridized carbons (Fsp3) is 0.273. The van der Waals surface area contributed by atoms with Crippen LogP contribution in [-0.2, 0) is 22.6 Å². The number of carbonyl (C=O) groups is 1. The van der Waals surface area contributed by atoms with Crippen molar-refractivity contribution in [3.8, 4) is 5.75 Å². The van der Waals surface area contributed by atoms with E-state index >= 15 is 0 Å². The van der Waals surface area contributed by atoms with Crippen molar-refractivity contribution in [2.75, 3.05) is 7.11 Å². The minimum Gasteiger partial charge on any atom is -0.497 e. The molecule has 3 rings (SSSR count). The SMILES string of the molecule is COc1ccc2c(C)c(CCC(=O)OCc3ccc(C)cc3)c(=O)oc2c1. The molecule has 0 spiro atoms. The van der Waals surface area contributed by atoms with Crippen molar-refractivity contribution >= 4 is 16.9 Å². The average molecular weight is 366 g/mol. The number of carbonyl (C=O) groups excluding carboxylic acids is 1. The molecule has 5 nitrogen and oxygen atoms in total. The van der Waals surface area contributed by atoms with Gasteiger partial charge in [0.05, 0.1) is 7.11 Å². The van der Waals surface area contributed by atoms with Crippen molar-refractivity contribution in [1.82, 2.24) is 0 Å². The van der Waals surface area contributed by atoms with E-state index in [-0.39, 0.29) is 25.4 Å². The lowest BCUT2D eigenvalue weighted by molar-refractivity contribution is -0.144. The molecule has 140 valence electrons. The van der Waals surface area contributed by atoms with Crippen molar-refractivity contribution < 1.29 is 18.7 Å². The number of rotatable bonds is 6. The predicted molar refractivity (Wildman–Crippen MR) is 103 cm³/mol. The van der Waals surface area contributed by atoms with Gasteiger partial charge in [-0.15, -0.1) is 0 Å². The highest BCUT2D eigenvalue weighted by Gasteiger charge is 2.14. The number of ether oxygens (including phenoxy) is 2. The van der Waals surface area contributed by atoms with Gasteiger partial charge in [0, 0.05) is 23.4 Å². The molecule has 1 heterocycles. The quantitative estimate of drug-likeness (QED) is 0.485. The minimum atomic E-state index is -0.431. The Morgan fingerprint density at radius 2 is 1.81 bits per heavy atom. The molecule has 0 saturated heterocycles. The summed E-state index contributed by atoms with van der Waals surface area (Å²) in [5.74, 6) is 0.279. The molecule has 0 aliphatic rings. The summed E-state index contributed by atoms with van der Waals surface area (Å²) in [6.45, 7) is 4.09. The van der Waals surface area contributed by atoms with E-state index < -0.39 is 5.63 Å². The van der Waals surface area contributed by atoms with Gasteiger partial charge in [-0.1, -0.05) is 29.8 Å². The van der Waals surface area contributed by atoms with Crippen LogP contribution in [0.4, 0.5) is 0 Å². The number of hydrogen-bond acceptors (Lipinski definition) is 5. The maximum absolute atomic E-state index is 12.3. The van der Waals surface area contributed by atoms with Gasteiger partial charge in [0.2, 0.25) is 0 Å². The van der Waals surface area contributed by atoms with Crippen LogP contribution < -0.4 is 10.4 Å². The molecule has 0 bridgehead atoms. The van der Waals surface area contributed by atoms with Crippen molar-refractivity contribution in [3.63, 3.8) is 0 Å². The molecular formula is C22H22O5. The molecule has 1 aromatic heterocycles. The fourth-order valence-electron chi connectivity index (χ4n) is 2.94. The Labute approximate surface area is 157 Å². The van der Waals surface area contributed by atoms with Crippen LogP contribution in [0.15, 0.2) is 51.7 Å². The number of hydrogen-bond donors (Lipinski definition) is 0. The third-order valence-corrected chi connectivity index (χ3v) is 4.59. The summed E-state index contributed by atoms with van der Waals surface area (Å²) in [6, 6.07) is 13.2. The predicted octanol–water partition coefficient (Wildman–Crippen LogP) is 4.09. The third kappa shape index (κ3) is 4.37. The monoisotopic (exact) mass is 366 g/mol. The molecule has 27 heavy (non-hydrogen) atoms. The molecule has 3 aromatic rings. The number of methoxy groups -OCH3 is 1. The molecule has 5 heteroatoms. The van der Waals surface area contributed by atoms with Crippen LogP contribution in [0.3, 0.4) is 0 Å². The highest BCUT2D eigenvalue weighted by atomic mass is 16.5. The zero-order valence-electron chi connectivity index (χ0n) is 15.7. The number of benzene rings is 2. The molecule has 2 aromatic carbocycles. The number of esters is 1. The molecule has 0 unspecified atom stereocenters. The topological polar surface area (TPSA) is 65.7 Å². The van der Waals surface area contributed by atoms with E-state index in [1.807, 2.05) is 50.2 Å².